The normalized spacial score (nSPS) is 11.9. The van der Waals surface area contributed by atoms with Gasteiger partial charge in [0.1, 0.15) is 11.5 Å². The van der Waals surface area contributed by atoms with E-state index in [1.54, 1.807) is 48.5 Å². The molecule has 4 aromatic rings. The summed E-state index contributed by atoms with van der Waals surface area (Å²) in [5.74, 6) is 1.18. The number of halogens is 1. The maximum Gasteiger partial charge on any atom is 0.647 e. The average Bonchev–Trinajstić information content (AvgIpc) is 2.84. The second-order valence-electron chi connectivity index (χ2n) is 6.72. The molecule has 0 aliphatic rings. The van der Waals surface area contributed by atoms with E-state index in [0.717, 1.165) is 14.7 Å². The lowest BCUT2D eigenvalue weighted by Crippen LogP contribution is -2.06. The molecule has 0 spiro atoms. The number of phosphoric acid groups is 1. The van der Waals surface area contributed by atoms with Crippen LogP contribution in [0.3, 0.4) is 0 Å². The van der Waals surface area contributed by atoms with E-state index >= 15 is 0 Å². The first kappa shape index (κ1) is 22.2. The van der Waals surface area contributed by atoms with Gasteiger partial charge in [0.25, 0.3) is 0 Å². The third kappa shape index (κ3) is 5.81. The quantitative estimate of drug-likeness (QED) is 0.0953. The lowest BCUT2D eigenvalue weighted by atomic mass is 10.1. The van der Waals surface area contributed by atoms with Crippen molar-refractivity contribution in [2.45, 2.75) is 0 Å². The molecule has 0 aliphatic heterocycles. The van der Waals surface area contributed by atoms with Gasteiger partial charge in [-0.15, -0.1) is 0 Å². The van der Waals surface area contributed by atoms with Crippen molar-refractivity contribution in [1.29, 1.82) is 0 Å². The van der Waals surface area contributed by atoms with E-state index in [1.165, 1.54) is 0 Å². The van der Waals surface area contributed by atoms with Gasteiger partial charge in [-0.05, 0) is 52.4 Å². The number of para-hydroxylation sites is 2. The summed E-state index contributed by atoms with van der Waals surface area (Å²) >= 11 is 2.20. The number of rotatable bonds is 8. The molecule has 32 heavy (non-hydrogen) atoms. The van der Waals surface area contributed by atoms with Gasteiger partial charge < -0.3 is 13.6 Å². The molecule has 4 nitrogen and oxygen atoms in total. The summed E-state index contributed by atoms with van der Waals surface area (Å²) < 4.78 is 32.5. The summed E-state index contributed by atoms with van der Waals surface area (Å²) in [4.78, 5) is 0. The molecule has 0 aromatic heterocycles. The van der Waals surface area contributed by atoms with E-state index in [4.69, 9.17) is 13.6 Å². The molecule has 0 saturated carbocycles. The van der Waals surface area contributed by atoms with E-state index in [0.29, 0.717) is 17.3 Å². The van der Waals surface area contributed by atoms with Crippen LogP contribution in [0.2, 0.25) is 0 Å². The van der Waals surface area contributed by atoms with Crippen molar-refractivity contribution in [1.82, 2.24) is 0 Å². The topological polar surface area (TPSA) is 44.8 Å². The molecule has 0 amide bonds. The van der Waals surface area contributed by atoms with E-state index < -0.39 is 7.82 Å². The van der Waals surface area contributed by atoms with Crippen LogP contribution in [0.5, 0.6) is 11.5 Å². The number of hydrogen-bond donors (Lipinski definition) is 0. The molecule has 4 aromatic carbocycles. The summed E-state index contributed by atoms with van der Waals surface area (Å²) in [7, 11) is -4.12. The monoisotopic (exact) mass is 554 g/mol. The zero-order valence-corrected chi connectivity index (χ0v) is 20.1. The first-order valence-electron chi connectivity index (χ1n) is 9.92. The Morgan fingerprint density at radius 1 is 0.562 bits per heavy atom. The number of phosphoric ester groups is 1. The molecule has 0 N–H and O–H groups in total. The Morgan fingerprint density at radius 2 is 0.938 bits per heavy atom. The van der Waals surface area contributed by atoms with E-state index in [9.17, 15) is 4.57 Å². The maximum atomic E-state index is 14.0. The molecule has 0 fully saturated rings. The van der Waals surface area contributed by atoms with Crippen LogP contribution in [0.1, 0.15) is 11.1 Å². The Balaban J connectivity index is 1.78. The summed E-state index contributed by atoms with van der Waals surface area (Å²) in [5.41, 5.74) is 1.69. The predicted molar refractivity (Wildman–Crippen MR) is 137 cm³/mol. The largest absolute Gasteiger partial charge is 0.647 e. The highest BCUT2D eigenvalue weighted by atomic mass is 127. The Hall–Kier alpha value is -3.02. The molecule has 0 saturated heterocycles. The first-order chi connectivity index (χ1) is 15.6. The molecule has 0 atom stereocenters. The summed E-state index contributed by atoms with van der Waals surface area (Å²) in [5, 5.41) is 0. The Kier molecular flexibility index (Phi) is 7.30. The lowest BCUT2D eigenvalue weighted by molar-refractivity contribution is 0.285. The van der Waals surface area contributed by atoms with Crippen LogP contribution >= 0.6 is 30.4 Å². The third-order valence-electron chi connectivity index (χ3n) is 4.39. The molecule has 160 valence electrons. The second kappa shape index (κ2) is 10.5. The van der Waals surface area contributed by atoms with Crippen molar-refractivity contribution in [3.63, 3.8) is 0 Å². The van der Waals surface area contributed by atoms with Gasteiger partial charge in [-0.2, -0.15) is 4.57 Å². The van der Waals surface area contributed by atoms with Gasteiger partial charge >= 0.3 is 7.82 Å². The molecule has 0 unspecified atom stereocenters. The zero-order chi connectivity index (χ0) is 22.2. The van der Waals surface area contributed by atoms with Crippen molar-refractivity contribution >= 4 is 39.8 Å². The fraction of sp³-hybridized carbons (Fsp3) is 0. The van der Waals surface area contributed by atoms with Crippen LogP contribution < -0.4 is 9.05 Å². The zero-order valence-electron chi connectivity index (χ0n) is 17.0. The van der Waals surface area contributed by atoms with Crippen LogP contribution in [-0.2, 0) is 9.09 Å². The molecule has 4 rings (SSSR count). The highest BCUT2D eigenvalue weighted by Gasteiger charge is 2.35. The fourth-order valence-corrected chi connectivity index (χ4v) is 5.16. The Labute approximate surface area is 201 Å². The van der Waals surface area contributed by atoms with Crippen LogP contribution in [0.25, 0.3) is 9.34 Å². The highest BCUT2D eigenvalue weighted by molar-refractivity contribution is 14.1. The van der Waals surface area contributed by atoms with Gasteiger partial charge in [-0.1, -0.05) is 97.1 Å². The van der Waals surface area contributed by atoms with Crippen molar-refractivity contribution in [3.8, 4) is 11.5 Å². The maximum absolute atomic E-state index is 14.0. The van der Waals surface area contributed by atoms with Crippen LogP contribution in [-0.4, -0.2) is 0 Å². The number of benzene rings is 4. The molecule has 6 heteroatoms. The van der Waals surface area contributed by atoms with Crippen molar-refractivity contribution < 1.29 is 18.1 Å². The van der Waals surface area contributed by atoms with E-state index in [-0.39, 0.29) is 0 Å². The van der Waals surface area contributed by atoms with Crippen LogP contribution in [0.4, 0.5) is 0 Å². The summed E-state index contributed by atoms with van der Waals surface area (Å²) in [6, 6.07) is 37.0. The highest BCUT2D eigenvalue weighted by Crippen LogP contribution is 2.54. The van der Waals surface area contributed by atoms with Gasteiger partial charge in [-0.3, -0.25) is 0 Å². The van der Waals surface area contributed by atoms with Gasteiger partial charge in [-0.25, -0.2) is 0 Å². The molecule has 0 heterocycles. The van der Waals surface area contributed by atoms with Crippen molar-refractivity contribution in [2.24, 2.45) is 0 Å². The fourth-order valence-electron chi connectivity index (χ4n) is 2.91. The minimum absolute atomic E-state index is 0.383. The summed E-state index contributed by atoms with van der Waals surface area (Å²) in [6.45, 7) is 0. The molecule has 0 radical (unpaired) electrons. The predicted octanol–water partition coefficient (Wildman–Crippen LogP) is 8.23. The van der Waals surface area contributed by atoms with Crippen molar-refractivity contribution in [3.05, 3.63) is 132 Å². The molecule has 0 bridgehead atoms. The van der Waals surface area contributed by atoms with Crippen LogP contribution in [0.15, 0.2) is 121 Å². The third-order valence-corrected chi connectivity index (χ3v) is 6.77. The van der Waals surface area contributed by atoms with Gasteiger partial charge in [0.2, 0.25) is 0 Å². The smallest absolute Gasteiger partial charge is 0.386 e. The van der Waals surface area contributed by atoms with E-state index in [2.05, 4.69) is 22.6 Å². The Morgan fingerprint density at radius 3 is 1.38 bits per heavy atom. The molecular weight excluding hydrogens is 534 g/mol. The minimum atomic E-state index is -4.12. The SMILES string of the molecule is O=P(O/C(=C(/I)c1ccccc1)c1ccccc1)(Oc1ccccc1)Oc1ccccc1. The van der Waals surface area contributed by atoms with Gasteiger partial charge in [0.05, 0.1) is 3.58 Å². The lowest BCUT2D eigenvalue weighted by Gasteiger charge is -2.22. The van der Waals surface area contributed by atoms with Crippen LogP contribution in [0, 0.1) is 0 Å². The number of hydrogen-bond acceptors (Lipinski definition) is 4. The van der Waals surface area contributed by atoms with Gasteiger partial charge in [0, 0.05) is 5.56 Å². The standard InChI is InChI=1S/C26H20IO4P/c27-25(21-13-5-1-6-14-21)26(22-15-7-2-8-16-22)31-32(28,29-23-17-9-3-10-18-23)30-24-19-11-4-12-20-24/h1-20H/b26-25+. The van der Waals surface area contributed by atoms with Gasteiger partial charge in [0.15, 0.2) is 5.76 Å². The first-order valence-corrected chi connectivity index (χ1v) is 12.5. The summed E-state index contributed by atoms with van der Waals surface area (Å²) in [6.07, 6.45) is 0. The Bertz CT molecular complexity index is 1170. The molecular formula is C26H20IO4P. The van der Waals surface area contributed by atoms with E-state index in [1.807, 2.05) is 72.8 Å². The minimum Gasteiger partial charge on any atom is -0.386 e. The van der Waals surface area contributed by atoms with Crippen molar-refractivity contribution in [2.75, 3.05) is 0 Å². The average molecular weight is 554 g/mol. The molecule has 0 aliphatic carbocycles. The second-order valence-corrected chi connectivity index (χ2v) is 9.24.